The van der Waals surface area contributed by atoms with E-state index < -0.39 is 11.9 Å². The van der Waals surface area contributed by atoms with Gasteiger partial charge in [0.2, 0.25) is 0 Å². The summed E-state index contributed by atoms with van der Waals surface area (Å²) in [5, 5.41) is 0. The molecule has 4 aromatic rings. The third kappa shape index (κ3) is 7.33. The molecule has 4 rings (SSSR count). The van der Waals surface area contributed by atoms with Gasteiger partial charge in [-0.15, -0.1) is 0 Å². The second-order valence-corrected chi connectivity index (χ2v) is 9.23. The Morgan fingerprint density at radius 2 is 1.12 bits per heavy atom. The van der Waals surface area contributed by atoms with Crippen molar-refractivity contribution in [3.05, 3.63) is 140 Å². The predicted molar refractivity (Wildman–Crippen MR) is 163 cm³/mol. The summed E-state index contributed by atoms with van der Waals surface area (Å²) in [4.78, 5) is 23.0. The highest BCUT2D eigenvalue weighted by Gasteiger charge is 2.11. The molecule has 0 radical (unpaired) electrons. The summed E-state index contributed by atoms with van der Waals surface area (Å²) >= 11 is 0. The third-order valence-corrected chi connectivity index (χ3v) is 6.55. The van der Waals surface area contributed by atoms with Crippen LogP contribution in [-0.2, 0) is 31.9 Å². The van der Waals surface area contributed by atoms with Crippen molar-refractivity contribution < 1.29 is 19.1 Å². The van der Waals surface area contributed by atoms with Gasteiger partial charge in [-0.3, -0.25) is 0 Å². The van der Waals surface area contributed by atoms with E-state index in [1.165, 1.54) is 0 Å². The van der Waals surface area contributed by atoms with Crippen LogP contribution < -0.4 is 0 Å². The van der Waals surface area contributed by atoms with Gasteiger partial charge in [-0.05, 0) is 56.1 Å². The van der Waals surface area contributed by atoms with Crippen molar-refractivity contribution >= 4 is 18.0 Å². The standard InChI is InChI=1S/C36H32O4/c1-4-26-14-16-29(17-15-26)33-12-7-8-13-34(33)31-11-9-10-30(25-31)32-23-27(18-20-39-35(37)5-2)22-28(24-32)19-21-40-36(38)6-3/h4-17,22-25H,1-3,18-21H2. The summed E-state index contributed by atoms with van der Waals surface area (Å²) in [5.74, 6) is -0.892. The van der Waals surface area contributed by atoms with Crippen LogP contribution in [0.2, 0.25) is 0 Å². The first-order valence-electron chi connectivity index (χ1n) is 13.1. The minimum atomic E-state index is -0.446. The van der Waals surface area contributed by atoms with Crippen LogP contribution in [0.3, 0.4) is 0 Å². The van der Waals surface area contributed by atoms with Crippen LogP contribution in [0.1, 0.15) is 16.7 Å². The fourth-order valence-electron chi connectivity index (χ4n) is 4.53. The number of hydrogen-bond donors (Lipinski definition) is 0. The topological polar surface area (TPSA) is 52.6 Å². The summed E-state index contributed by atoms with van der Waals surface area (Å²) in [6, 6.07) is 31.5. The lowest BCUT2D eigenvalue weighted by molar-refractivity contribution is -0.138. The molecule has 0 N–H and O–H groups in total. The molecule has 0 bridgehead atoms. The minimum Gasteiger partial charge on any atom is -0.462 e. The third-order valence-electron chi connectivity index (χ3n) is 6.55. The van der Waals surface area contributed by atoms with E-state index in [-0.39, 0.29) is 13.2 Å². The van der Waals surface area contributed by atoms with Crippen LogP contribution in [0.25, 0.3) is 39.5 Å². The number of esters is 2. The molecule has 4 heteroatoms. The first-order chi connectivity index (χ1) is 19.5. The van der Waals surface area contributed by atoms with Crippen LogP contribution >= 0.6 is 0 Å². The fraction of sp³-hybridized carbons (Fsp3) is 0.111. The number of benzene rings is 4. The molecule has 200 valence electrons. The summed E-state index contributed by atoms with van der Waals surface area (Å²) < 4.78 is 10.4. The van der Waals surface area contributed by atoms with Crippen molar-refractivity contribution in [1.29, 1.82) is 0 Å². The Bertz CT molecular complexity index is 1480. The highest BCUT2D eigenvalue weighted by molar-refractivity contribution is 5.86. The summed E-state index contributed by atoms with van der Waals surface area (Å²) in [6.07, 6.45) is 5.26. The van der Waals surface area contributed by atoms with Crippen molar-refractivity contribution in [2.45, 2.75) is 12.8 Å². The molecule has 0 unspecified atom stereocenters. The SMILES string of the molecule is C=CC(=O)OCCc1cc(CCOC(=O)C=C)cc(-c2cccc(-c3ccccc3-c3ccc(C=C)cc3)c2)c1. The molecule has 0 saturated carbocycles. The lowest BCUT2D eigenvalue weighted by atomic mass is 9.91. The minimum absolute atomic E-state index is 0.247. The second kappa shape index (κ2) is 13.7. The Kier molecular flexibility index (Phi) is 9.62. The molecule has 0 saturated heterocycles. The summed E-state index contributed by atoms with van der Waals surface area (Å²) in [6.45, 7) is 11.2. The first-order valence-corrected chi connectivity index (χ1v) is 13.1. The number of carbonyl (C=O) groups is 2. The van der Waals surface area contributed by atoms with E-state index in [0.717, 1.165) is 62.2 Å². The number of carbonyl (C=O) groups excluding carboxylic acids is 2. The van der Waals surface area contributed by atoms with E-state index in [1.807, 2.05) is 6.08 Å². The number of ether oxygens (including phenoxy) is 2. The lowest BCUT2D eigenvalue weighted by Gasteiger charge is -2.14. The molecule has 0 atom stereocenters. The molecule has 0 amide bonds. The molecular weight excluding hydrogens is 496 g/mol. The zero-order chi connectivity index (χ0) is 28.3. The Balaban J connectivity index is 1.67. The maximum Gasteiger partial charge on any atom is 0.330 e. The van der Waals surface area contributed by atoms with Crippen LogP contribution in [0.5, 0.6) is 0 Å². The Labute approximate surface area is 235 Å². The first kappa shape index (κ1) is 28.1. The molecule has 0 aromatic heterocycles. The Morgan fingerprint density at radius 1 is 0.575 bits per heavy atom. The van der Waals surface area contributed by atoms with Gasteiger partial charge in [-0.25, -0.2) is 9.59 Å². The van der Waals surface area contributed by atoms with Gasteiger partial charge in [0.05, 0.1) is 13.2 Å². The Morgan fingerprint density at radius 3 is 1.68 bits per heavy atom. The van der Waals surface area contributed by atoms with Gasteiger partial charge in [0.1, 0.15) is 0 Å². The van der Waals surface area contributed by atoms with Crippen molar-refractivity contribution in [2.75, 3.05) is 13.2 Å². The molecular formula is C36H32O4. The molecule has 40 heavy (non-hydrogen) atoms. The Hall–Kier alpha value is -4.96. The van der Waals surface area contributed by atoms with Crippen LogP contribution in [0.15, 0.2) is 123 Å². The quantitative estimate of drug-likeness (QED) is 0.139. The molecule has 0 fully saturated rings. The van der Waals surface area contributed by atoms with Crippen molar-refractivity contribution in [3.8, 4) is 33.4 Å². The van der Waals surface area contributed by atoms with Gasteiger partial charge < -0.3 is 9.47 Å². The number of rotatable bonds is 12. The fourth-order valence-corrected chi connectivity index (χ4v) is 4.53. The summed E-state index contributed by atoms with van der Waals surface area (Å²) in [7, 11) is 0. The zero-order valence-electron chi connectivity index (χ0n) is 22.5. The maximum absolute atomic E-state index is 11.5. The van der Waals surface area contributed by atoms with Gasteiger partial charge in [0.25, 0.3) is 0 Å². The van der Waals surface area contributed by atoms with Gasteiger partial charge in [0, 0.05) is 25.0 Å². The van der Waals surface area contributed by atoms with Gasteiger partial charge >= 0.3 is 11.9 Å². The average Bonchev–Trinajstić information content (AvgIpc) is 3.01. The largest absolute Gasteiger partial charge is 0.462 e. The van der Waals surface area contributed by atoms with E-state index in [1.54, 1.807) is 0 Å². The van der Waals surface area contributed by atoms with E-state index >= 15 is 0 Å². The predicted octanol–water partition coefficient (Wildman–Crippen LogP) is 7.87. The molecule has 4 nitrogen and oxygen atoms in total. The molecule has 0 heterocycles. The monoisotopic (exact) mass is 528 g/mol. The van der Waals surface area contributed by atoms with E-state index in [4.69, 9.17) is 9.47 Å². The van der Waals surface area contributed by atoms with E-state index in [0.29, 0.717) is 12.8 Å². The van der Waals surface area contributed by atoms with Gasteiger partial charge in [-0.2, -0.15) is 0 Å². The molecule has 4 aromatic carbocycles. The molecule has 0 aliphatic carbocycles. The van der Waals surface area contributed by atoms with E-state index in [2.05, 4.69) is 111 Å². The average molecular weight is 529 g/mol. The smallest absolute Gasteiger partial charge is 0.330 e. The van der Waals surface area contributed by atoms with Gasteiger partial charge in [-0.1, -0.05) is 111 Å². The summed E-state index contributed by atoms with van der Waals surface area (Å²) in [5.41, 5.74) is 9.75. The number of hydrogen-bond acceptors (Lipinski definition) is 4. The highest BCUT2D eigenvalue weighted by Crippen LogP contribution is 2.34. The van der Waals surface area contributed by atoms with Crippen molar-refractivity contribution in [1.82, 2.24) is 0 Å². The van der Waals surface area contributed by atoms with Crippen LogP contribution in [-0.4, -0.2) is 25.2 Å². The normalized spacial score (nSPS) is 10.4. The molecule has 0 aliphatic rings. The van der Waals surface area contributed by atoms with Crippen LogP contribution in [0.4, 0.5) is 0 Å². The lowest BCUT2D eigenvalue weighted by Crippen LogP contribution is -2.06. The zero-order valence-corrected chi connectivity index (χ0v) is 22.5. The highest BCUT2D eigenvalue weighted by atomic mass is 16.5. The second-order valence-electron chi connectivity index (χ2n) is 9.23. The van der Waals surface area contributed by atoms with Crippen molar-refractivity contribution in [2.24, 2.45) is 0 Å². The van der Waals surface area contributed by atoms with Crippen molar-refractivity contribution in [3.63, 3.8) is 0 Å². The molecule has 0 spiro atoms. The molecule has 0 aliphatic heterocycles. The maximum atomic E-state index is 11.5. The van der Waals surface area contributed by atoms with Crippen LogP contribution in [0, 0.1) is 0 Å². The van der Waals surface area contributed by atoms with E-state index in [9.17, 15) is 9.59 Å². The van der Waals surface area contributed by atoms with Gasteiger partial charge in [0.15, 0.2) is 0 Å².